The van der Waals surface area contributed by atoms with Crippen LogP contribution in [0.2, 0.25) is 0 Å². The maximum atomic E-state index is 9.69. The number of rotatable bonds is 4. The zero-order chi connectivity index (χ0) is 8.91. The van der Waals surface area contributed by atoms with Gasteiger partial charge in [0.05, 0.1) is 11.9 Å². The quantitative estimate of drug-likeness (QED) is 0.617. The van der Waals surface area contributed by atoms with Crippen molar-refractivity contribution in [2.45, 2.75) is 45.6 Å². The molecule has 2 heteroatoms. The van der Waals surface area contributed by atoms with Gasteiger partial charge in [0.1, 0.15) is 0 Å². The van der Waals surface area contributed by atoms with Crippen LogP contribution < -0.4 is 0 Å². The molecule has 0 aliphatic rings. The Bertz CT molecular complexity index is 136. The summed E-state index contributed by atoms with van der Waals surface area (Å²) in [6.45, 7) is 5.54. The molecule has 0 saturated heterocycles. The maximum Gasteiger partial charge on any atom is 0.0858 e. The molecule has 0 bridgehead atoms. The fourth-order valence-corrected chi connectivity index (χ4v) is 0.857. The zero-order valence-electron chi connectivity index (χ0n) is 7.59. The molecule has 2 nitrogen and oxygen atoms in total. The Kier molecular flexibility index (Phi) is 4.19. The van der Waals surface area contributed by atoms with Crippen LogP contribution in [-0.2, 0) is 0 Å². The Morgan fingerprint density at radius 3 is 2.45 bits per heavy atom. The molecule has 0 aliphatic carbocycles. The lowest BCUT2D eigenvalue weighted by atomic mass is 9.92. The summed E-state index contributed by atoms with van der Waals surface area (Å²) in [6.07, 6.45) is 3.75. The van der Waals surface area contributed by atoms with Crippen molar-refractivity contribution in [3.8, 4) is 0 Å². The van der Waals surface area contributed by atoms with E-state index in [1.165, 1.54) is 0 Å². The smallest absolute Gasteiger partial charge is 0.0858 e. The van der Waals surface area contributed by atoms with E-state index in [9.17, 15) is 5.11 Å². The summed E-state index contributed by atoms with van der Waals surface area (Å²) >= 11 is 0. The van der Waals surface area contributed by atoms with Crippen molar-refractivity contribution in [1.82, 2.24) is 0 Å². The second-order valence-corrected chi connectivity index (χ2v) is 3.19. The monoisotopic (exact) mass is 158 g/mol. The SMILES string of the molecule is CCCCC(C)(O)C(C)=CO. The van der Waals surface area contributed by atoms with E-state index in [-0.39, 0.29) is 0 Å². The molecule has 11 heavy (non-hydrogen) atoms. The highest BCUT2D eigenvalue weighted by Crippen LogP contribution is 2.21. The maximum absolute atomic E-state index is 9.69. The van der Waals surface area contributed by atoms with Gasteiger partial charge in [0.15, 0.2) is 0 Å². The van der Waals surface area contributed by atoms with Crippen LogP contribution in [-0.4, -0.2) is 15.8 Å². The Labute approximate surface area is 68.6 Å². The lowest BCUT2D eigenvalue weighted by Crippen LogP contribution is -2.25. The molecule has 0 aromatic heterocycles. The first-order valence-corrected chi connectivity index (χ1v) is 4.08. The molecular formula is C9H18O2. The van der Waals surface area contributed by atoms with Gasteiger partial charge in [0.2, 0.25) is 0 Å². The van der Waals surface area contributed by atoms with E-state index in [2.05, 4.69) is 6.92 Å². The first-order chi connectivity index (χ1) is 5.04. The van der Waals surface area contributed by atoms with Crippen LogP contribution >= 0.6 is 0 Å². The molecule has 66 valence electrons. The highest BCUT2D eigenvalue weighted by Gasteiger charge is 2.21. The van der Waals surface area contributed by atoms with Gasteiger partial charge >= 0.3 is 0 Å². The van der Waals surface area contributed by atoms with E-state index >= 15 is 0 Å². The number of hydrogen-bond donors (Lipinski definition) is 2. The fraction of sp³-hybridized carbons (Fsp3) is 0.778. The van der Waals surface area contributed by atoms with Gasteiger partial charge in [-0.3, -0.25) is 0 Å². The minimum Gasteiger partial charge on any atom is -0.516 e. The third kappa shape index (κ3) is 3.42. The van der Waals surface area contributed by atoms with Gasteiger partial charge in [-0.05, 0) is 25.8 Å². The van der Waals surface area contributed by atoms with Crippen molar-refractivity contribution in [3.05, 3.63) is 11.8 Å². The van der Waals surface area contributed by atoms with Gasteiger partial charge in [-0.2, -0.15) is 0 Å². The third-order valence-corrected chi connectivity index (χ3v) is 2.06. The van der Waals surface area contributed by atoms with Crippen LogP contribution in [0.4, 0.5) is 0 Å². The molecule has 0 saturated carbocycles. The summed E-state index contributed by atoms with van der Waals surface area (Å²) in [6, 6.07) is 0. The van der Waals surface area contributed by atoms with E-state index in [1.807, 2.05) is 0 Å². The second-order valence-electron chi connectivity index (χ2n) is 3.19. The predicted octanol–water partition coefficient (Wildman–Crippen LogP) is 2.39. The van der Waals surface area contributed by atoms with Crippen LogP contribution in [0.5, 0.6) is 0 Å². The summed E-state index contributed by atoms with van der Waals surface area (Å²) in [5.41, 5.74) is -0.198. The number of aliphatic hydroxyl groups is 2. The molecule has 0 aromatic carbocycles. The highest BCUT2D eigenvalue weighted by molar-refractivity contribution is 5.08. The van der Waals surface area contributed by atoms with Gasteiger partial charge < -0.3 is 10.2 Å². The molecule has 0 radical (unpaired) electrons. The average molecular weight is 158 g/mol. The largest absolute Gasteiger partial charge is 0.516 e. The third-order valence-electron chi connectivity index (χ3n) is 2.06. The van der Waals surface area contributed by atoms with Gasteiger partial charge in [-0.1, -0.05) is 19.8 Å². The zero-order valence-corrected chi connectivity index (χ0v) is 7.59. The molecule has 0 rings (SSSR count). The first kappa shape index (κ1) is 10.5. The van der Waals surface area contributed by atoms with E-state index < -0.39 is 5.60 Å². The summed E-state index contributed by atoms with van der Waals surface area (Å²) in [5.74, 6) is 0. The van der Waals surface area contributed by atoms with Crippen LogP contribution in [0.3, 0.4) is 0 Å². The molecule has 0 fully saturated rings. The van der Waals surface area contributed by atoms with Crippen LogP contribution in [0.15, 0.2) is 11.8 Å². The number of hydrogen-bond acceptors (Lipinski definition) is 2. The lowest BCUT2D eigenvalue weighted by Gasteiger charge is -2.23. The Balaban J connectivity index is 3.99. The molecule has 2 N–H and O–H groups in total. The summed E-state index contributed by atoms with van der Waals surface area (Å²) in [4.78, 5) is 0. The summed E-state index contributed by atoms with van der Waals surface area (Å²) < 4.78 is 0. The Hall–Kier alpha value is -0.500. The number of unbranched alkanes of at least 4 members (excludes halogenated alkanes) is 1. The summed E-state index contributed by atoms with van der Waals surface area (Å²) in [5, 5.41) is 18.3. The molecule has 0 amide bonds. The second kappa shape index (κ2) is 4.39. The minimum absolute atomic E-state index is 0.631. The van der Waals surface area contributed by atoms with Crippen molar-refractivity contribution < 1.29 is 10.2 Å². The van der Waals surface area contributed by atoms with Gasteiger partial charge in [0.25, 0.3) is 0 Å². The minimum atomic E-state index is -0.829. The van der Waals surface area contributed by atoms with E-state index in [0.717, 1.165) is 19.1 Å². The summed E-state index contributed by atoms with van der Waals surface area (Å²) in [7, 11) is 0. The highest BCUT2D eigenvalue weighted by atomic mass is 16.3. The van der Waals surface area contributed by atoms with E-state index in [1.54, 1.807) is 13.8 Å². The molecule has 0 aliphatic heterocycles. The molecule has 1 unspecified atom stereocenters. The van der Waals surface area contributed by atoms with Crippen molar-refractivity contribution in [2.75, 3.05) is 0 Å². The Morgan fingerprint density at radius 2 is 2.09 bits per heavy atom. The van der Waals surface area contributed by atoms with E-state index in [4.69, 9.17) is 5.11 Å². The fourth-order valence-electron chi connectivity index (χ4n) is 0.857. The molecule has 0 aromatic rings. The molecule has 0 spiro atoms. The lowest BCUT2D eigenvalue weighted by molar-refractivity contribution is 0.0837. The standard InChI is InChI=1S/C9H18O2/c1-4-5-6-9(3,11)8(2)7-10/h7,10-11H,4-6H2,1-3H3. The van der Waals surface area contributed by atoms with Crippen LogP contribution in [0.1, 0.15) is 40.0 Å². The van der Waals surface area contributed by atoms with Gasteiger partial charge in [0, 0.05) is 0 Å². The molecule has 0 heterocycles. The average Bonchev–Trinajstić information content (AvgIpc) is 1.99. The molecular weight excluding hydrogens is 140 g/mol. The van der Waals surface area contributed by atoms with Crippen molar-refractivity contribution >= 4 is 0 Å². The normalized spacial score (nSPS) is 18.0. The first-order valence-electron chi connectivity index (χ1n) is 4.08. The number of aliphatic hydroxyl groups excluding tert-OH is 1. The van der Waals surface area contributed by atoms with Crippen molar-refractivity contribution in [2.24, 2.45) is 0 Å². The van der Waals surface area contributed by atoms with Crippen LogP contribution in [0.25, 0.3) is 0 Å². The predicted molar refractivity (Wildman–Crippen MR) is 46.5 cm³/mol. The molecule has 1 atom stereocenters. The van der Waals surface area contributed by atoms with Crippen molar-refractivity contribution in [1.29, 1.82) is 0 Å². The van der Waals surface area contributed by atoms with Gasteiger partial charge in [-0.25, -0.2) is 0 Å². The van der Waals surface area contributed by atoms with Crippen molar-refractivity contribution in [3.63, 3.8) is 0 Å². The topological polar surface area (TPSA) is 40.5 Å². The van der Waals surface area contributed by atoms with E-state index in [0.29, 0.717) is 12.0 Å². The van der Waals surface area contributed by atoms with Gasteiger partial charge in [-0.15, -0.1) is 0 Å². The Morgan fingerprint density at radius 1 is 1.55 bits per heavy atom. The van der Waals surface area contributed by atoms with Crippen LogP contribution in [0, 0.1) is 0 Å².